The maximum absolute atomic E-state index is 13.0. The van der Waals surface area contributed by atoms with Crippen LogP contribution in [0.4, 0.5) is 5.69 Å². The smallest absolute Gasteiger partial charge is 0.278 e. The van der Waals surface area contributed by atoms with E-state index in [0.29, 0.717) is 35.9 Å². The predicted molar refractivity (Wildman–Crippen MR) is 106 cm³/mol. The quantitative estimate of drug-likeness (QED) is 0.790. The zero-order valence-corrected chi connectivity index (χ0v) is 16.1. The summed E-state index contributed by atoms with van der Waals surface area (Å²) in [6.07, 6.45) is 0. The Morgan fingerprint density at radius 2 is 1.74 bits per heavy atom. The van der Waals surface area contributed by atoms with Crippen molar-refractivity contribution in [3.63, 3.8) is 0 Å². The molecule has 2 amide bonds. The van der Waals surface area contributed by atoms with E-state index in [-0.39, 0.29) is 11.8 Å². The number of hydrogen-bond acceptors (Lipinski definition) is 4. The van der Waals surface area contributed by atoms with E-state index in [2.05, 4.69) is 5.32 Å². The van der Waals surface area contributed by atoms with Crippen LogP contribution in [0.3, 0.4) is 0 Å². The van der Waals surface area contributed by atoms with Crippen LogP contribution in [-0.4, -0.2) is 29.9 Å². The molecule has 0 saturated carbocycles. The minimum atomic E-state index is -0.316. The highest BCUT2D eigenvalue weighted by Crippen LogP contribution is 2.34. The van der Waals surface area contributed by atoms with E-state index < -0.39 is 0 Å². The van der Waals surface area contributed by atoms with Gasteiger partial charge in [0.15, 0.2) is 0 Å². The number of carbonyl (C=O) groups excluding carboxylic acids is 2. The SMILES string of the molecule is CCOc1ccccc1NC1=C(c2ccc(C)cc2C)C(=O)N(CC)C1=O. The summed E-state index contributed by atoms with van der Waals surface area (Å²) in [5, 5.41) is 3.17. The number of nitrogens with one attached hydrogen (secondary N) is 1. The van der Waals surface area contributed by atoms with Gasteiger partial charge in [-0.05, 0) is 51.0 Å². The van der Waals surface area contributed by atoms with Gasteiger partial charge in [-0.25, -0.2) is 0 Å². The van der Waals surface area contributed by atoms with Gasteiger partial charge in [0.1, 0.15) is 11.4 Å². The molecule has 1 aliphatic heterocycles. The molecule has 0 bridgehead atoms. The second-order valence-corrected chi connectivity index (χ2v) is 6.48. The molecule has 0 aliphatic carbocycles. The summed E-state index contributed by atoms with van der Waals surface area (Å²) < 4.78 is 5.65. The Hall–Kier alpha value is -3.08. The van der Waals surface area contributed by atoms with Crippen molar-refractivity contribution in [2.45, 2.75) is 27.7 Å². The van der Waals surface area contributed by atoms with Crippen LogP contribution in [-0.2, 0) is 9.59 Å². The summed E-state index contributed by atoms with van der Waals surface area (Å²) in [4.78, 5) is 27.2. The maximum Gasteiger partial charge on any atom is 0.278 e. The van der Waals surface area contributed by atoms with Crippen molar-refractivity contribution >= 4 is 23.1 Å². The van der Waals surface area contributed by atoms with E-state index in [1.807, 2.05) is 63.2 Å². The van der Waals surface area contributed by atoms with Gasteiger partial charge in [0.05, 0.1) is 17.9 Å². The average molecular weight is 364 g/mol. The molecule has 0 atom stereocenters. The van der Waals surface area contributed by atoms with Crippen LogP contribution < -0.4 is 10.1 Å². The van der Waals surface area contributed by atoms with E-state index >= 15 is 0 Å². The molecule has 0 fully saturated rings. The summed E-state index contributed by atoms with van der Waals surface area (Å²) in [6, 6.07) is 13.3. The number of hydrogen-bond donors (Lipinski definition) is 1. The number of ether oxygens (including phenoxy) is 1. The molecule has 2 aromatic carbocycles. The zero-order chi connectivity index (χ0) is 19.6. The lowest BCUT2D eigenvalue weighted by molar-refractivity contribution is -0.136. The van der Waals surface area contributed by atoms with Crippen molar-refractivity contribution in [1.29, 1.82) is 0 Å². The summed E-state index contributed by atoms with van der Waals surface area (Å²) in [5.74, 6) is 0.0531. The van der Waals surface area contributed by atoms with E-state index in [4.69, 9.17) is 4.74 Å². The molecule has 27 heavy (non-hydrogen) atoms. The van der Waals surface area contributed by atoms with Crippen LogP contribution in [0.25, 0.3) is 5.57 Å². The van der Waals surface area contributed by atoms with Crippen LogP contribution >= 0.6 is 0 Å². The van der Waals surface area contributed by atoms with Gasteiger partial charge >= 0.3 is 0 Å². The van der Waals surface area contributed by atoms with Gasteiger partial charge in [-0.2, -0.15) is 0 Å². The van der Waals surface area contributed by atoms with Crippen molar-refractivity contribution in [3.8, 4) is 5.75 Å². The number of carbonyl (C=O) groups is 2. The lowest BCUT2D eigenvalue weighted by Gasteiger charge is -2.14. The maximum atomic E-state index is 13.0. The lowest BCUT2D eigenvalue weighted by Crippen LogP contribution is -2.32. The van der Waals surface area contributed by atoms with Gasteiger partial charge in [0.25, 0.3) is 11.8 Å². The fraction of sp³-hybridized carbons (Fsp3) is 0.273. The Balaban J connectivity index is 2.13. The fourth-order valence-electron chi connectivity index (χ4n) is 3.31. The van der Waals surface area contributed by atoms with Crippen molar-refractivity contribution < 1.29 is 14.3 Å². The molecule has 1 aliphatic rings. The topological polar surface area (TPSA) is 58.6 Å². The van der Waals surface area contributed by atoms with Gasteiger partial charge in [-0.1, -0.05) is 35.9 Å². The molecule has 0 aromatic heterocycles. The molecular weight excluding hydrogens is 340 g/mol. The second-order valence-electron chi connectivity index (χ2n) is 6.48. The lowest BCUT2D eigenvalue weighted by atomic mass is 9.97. The summed E-state index contributed by atoms with van der Waals surface area (Å²) in [6.45, 7) is 8.49. The van der Waals surface area contributed by atoms with Gasteiger partial charge in [0, 0.05) is 6.54 Å². The van der Waals surface area contributed by atoms with Gasteiger partial charge < -0.3 is 10.1 Å². The number of likely N-dealkylation sites (N-methyl/N-ethyl adjacent to an activating group) is 1. The summed E-state index contributed by atoms with van der Waals surface area (Å²) in [7, 11) is 0. The zero-order valence-electron chi connectivity index (χ0n) is 16.1. The molecule has 5 heteroatoms. The average Bonchev–Trinajstić information content (AvgIpc) is 2.87. The van der Waals surface area contributed by atoms with Crippen LogP contribution in [0.1, 0.15) is 30.5 Å². The van der Waals surface area contributed by atoms with Crippen molar-refractivity contribution in [2.75, 3.05) is 18.5 Å². The van der Waals surface area contributed by atoms with Crippen molar-refractivity contribution in [3.05, 3.63) is 64.9 Å². The van der Waals surface area contributed by atoms with E-state index in [9.17, 15) is 9.59 Å². The largest absolute Gasteiger partial charge is 0.492 e. The highest BCUT2D eigenvalue weighted by atomic mass is 16.5. The van der Waals surface area contributed by atoms with Crippen LogP contribution in [0.15, 0.2) is 48.2 Å². The number of rotatable bonds is 6. The minimum Gasteiger partial charge on any atom is -0.492 e. The molecule has 5 nitrogen and oxygen atoms in total. The van der Waals surface area contributed by atoms with Crippen LogP contribution in [0, 0.1) is 13.8 Å². The summed E-state index contributed by atoms with van der Waals surface area (Å²) >= 11 is 0. The first kappa shape index (κ1) is 18.7. The molecule has 0 saturated heterocycles. The Morgan fingerprint density at radius 3 is 2.41 bits per heavy atom. The molecule has 0 radical (unpaired) electrons. The van der Waals surface area contributed by atoms with E-state index in [0.717, 1.165) is 16.7 Å². The Morgan fingerprint density at radius 1 is 1.00 bits per heavy atom. The van der Waals surface area contributed by atoms with Gasteiger partial charge in [-0.3, -0.25) is 14.5 Å². The first-order valence-corrected chi connectivity index (χ1v) is 9.14. The first-order valence-electron chi connectivity index (χ1n) is 9.14. The third kappa shape index (κ3) is 3.45. The number of nitrogens with zero attached hydrogens (tertiary/aromatic N) is 1. The molecule has 2 aromatic rings. The monoisotopic (exact) mass is 364 g/mol. The van der Waals surface area contributed by atoms with E-state index in [1.54, 1.807) is 6.92 Å². The van der Waals surface area contributed by atoms with Crippen molar-refractivity contribution in [2.24, 2.45) is 0 Å². The second kappa shape index (κ2) is 7.66. The molecule has 140 valence electrons. The molecule has 0 spiro atoms. The third-order valence-corrected chi connectivity index (χ3v) is 4.58. The third-order valence-electron chi connectivity index (χ3n) is 4.58. The summed E-state index contributed by atoms with van der Waals surface area (Å²) in [5.41, 5.74) is 4.20. The minimum absolute atomic E-state index is 0.272. The standard InChI is InChI=1S/C22H24N2O3/c1-5-24-21(25)19(16-12-11-14(3)13-15(16)4)20(22(24)26)23-17-9-7-8-10-18(17)27-6-2/h7-13,23H,5-6H2,1-4H3. The molecule has 0 unspecified atom stereocenters. The Labute approximate surface area is 159 Å². The van der Waals surface area contributed by atoms with Crippen LogP contribution in [0.2, 0.25) is 0 Å². The Kier molecular flexibility index (Phi) is 5.31. The van der Waals surface area contributed by atoms with E-state index in [1.165, 1.54) is 4.90 Å². The normalized spacial score (nSPS) is 14.1. The Bertz CT molecular complexity index is 931. The molecule has 1 heterocycles. The van der Waals surface area contributed by atoms with Gasteiger partial charge in [-0.15, -0.1) is 0 Å². The highest BCUT2D eigenvalue weighted by Gasteiger charge is 2.39. The number of amides is 2. The predicted octanol–water partition coefficient (Wildman–Crippen LogP) is 3.91. The highest BCUT2D eigenvalue weighted by molar-refractivity contribution is 6.36. The molecule has 1 N–H and O–H groups in total. The number of imide groups is 1. The first-order chi connectivity index (χ1) is 13.0. The number of anilines is 1. The number of benzene rings is 2. The molecule has 3 rings (SSSR count). The fourth-order valence-corrected chi connectivity index (χ4v) is 3.31. The van der Waals surface area contributed by atoms with Gasteiger partial charge in [0.2, 0.25) is 0 Å². The van der Waals surface area contributed by atoms with Crippen LogP contribution in [0.5, 0.6) is 5.75 Å². The molecular formula is C22H24N2O3. The number of aryl methyl sites for hydroxylation is 2. The van der Waals surface area contributed by atoms with Crippen molar-refractivity contribution in [1.82, 2.24) is 4.90 Å². The number of para-hydroxylation sites is 2.